The minimum atomic E-state index is -0.828. The summed E-state index contributed by atoms with van der Waals surface area (Å²) < 4.78 is 0. The third-order valence-electron chi connectivity index (χ3n) is 3.75. The third-order valence-corrected chi connectivity index (χ3v) is 5.11. The van der Waals surface area contributed by atoms with Crippen LogP contribution < -0.4 is 5.32 Å². The topological polar surface area (TPSA) is 69.6 Å². The summed E-state index contributed by atoms with van der Waals surface area (Å²) in [5.74, 6) is 0.966. The lowest BCUT2D eigenvalue weighted by atomic mass is 9.97. The van der Waals surface area contributed by atoms with Crippen molar-refractivity contribution >= 4 is 23.6 Å². The summed E-state index contributed by atoms with van der Waals surface area (Å²) >= 11 is 1.78. The number of nitrogens with zero attached hydrogens (tertiary/aromatic N) is 1. The van der Waals surface area contributed by atoms with E-state index in [4.69, 9.17) is 5.11 Å². The van der Waals surface area contributed by atoms with E-state index in [2.05, 4.69) is 5.32 Å². The van der Waals surface area contributed by atoms with Crippen molar-refractivity contribution in [3.8, 4) is 0 Å². The predicted molar refractivity (Wildman–Crippen MR) is 75.3 cm³/mol. The minimum Gasteiger partial charge on any atom is -0.480 e. The quantitative estimate of drug-likeness (QED) is 0.782. The van der Waals surface area contributed by atoms with Gasteiger partial charge in [-0.3, -0.25) is 9.59 Å². The van der Waals surface area contributed by atoms with Crippen molar-refractivity contribution in [2.75, 3.05) is 31.9 Å². The van der Waals surface area contributed by atoms with Crippen LogP contribution in [0.25, 0.3) is 0 Å². The molecule has 2 aliphatic heterocycles. The average molecular weight is 286 g/mol. The first-order valence-corrected chi connectivity index (χ1v) is 8.04. The average Bonchev–Trinajstić information content (AvgIpc) is 2.91. The van der Waals surface area contributed by atoms with Crippen LogP contribution in [0.4, 0.5) is 0 Å². The summed E-state index contributed by atoms with van der Waals surface area (Å²) in [6.07, 6.45) is 4.27. The molecule has 19 heavy (non-hydrogen) atoms. The first kappa shape index (κ1) is 14.7. The molecule has 2 aliphatic rings. The number of thioether (sulfide) groups is 1. The number of likely N-dealkylation sites (tertiary alicyclic amines) is 1. The van der Waals surface area contributed by atoms with Gasteiger partial charge in [0.1, 0.15) is 0 Å². The molecule has 2 rings (SSSR count). The summed E-state index contributed by atoms with van der Waals surface area (Å²) in [5.41, 5.74) is 0. The molecule has 2 saturated heterocycles. The molecule has 0 radical (unpaired) electrons. The highest BCUT2D eigenvalue weighted by molar-refractivity contribution is 8.00. The van der Waals surface area contributed by atoms with Crippen LogP contribution in [-0.4, -0.2) is 59.1 Å². The smallest absolute Gasteiger partial charge is 0.317 e. The van der Waals surface area contributed by atoms with Crippen molar-refractivity contribution in [2.24, 2.45) is 5.92 Å². The Labute approximate surface area is 118 Å². The highest BCUT2D eigenvalue weighted by atomic mass is 32.2. The lowest BCUT2D eigenvalue weighted by Crippen LogP contribution is -2.46. The predicted octanol–water partition coefficient (Wildman–Crippen LogP) is 0.795. The second kappa shape index (κ2) is 7.14. The third kappa shape index (κ3) is 4.38. The van der Waals surface area contributed by atoms with Gasteiger partial charge in [-0.1, -0.05) is 0 Å². The van der Waals surface area contributed by atoms with Gasteiger partial charge in [0.25, 0.3) is 0 Å². The molecule has 0 aromatic carbocycles. The fraction of sp³-hybridized carbons (Fsp3) is 0.846. The van der Waals surface area contributed by atoms with Gasteiger partial charge in [0.05, 0.1) is 11.8 Å². The number of piperidine rings is 1. The number of hydrogen-bond acceptors (Lipinski definition) is 4. The standard InChI is InChI=1S/C13H22N2O3S/c16-12(17)8-14-7-10-3-1-5-15(9-10)13(18)11-4-2-6-19-11/h10-11,14H,1-9H2,(H,16,17). The van der Waals surface area contributed by atoms with Gasteiger partial charge in [-0.05, 0) is 37.4 Å². The zero-order valence-electron chi connectivity index (χ0n) is 11.1. The number of carbonyl (C=O) groups is 2. The van der Waals surface area contributed by atoms with Gasteiger partial charge in [0.15, 0.2) is 0 Å². The molecule has 5 nitrogen and oxygen atoms in total. The zero-order valence-corrected chi connectivity index (χ0v) is 12.0. The Hall–Kier alpha value is -0.750. The van der Waals surface area contributed by atoms with Gasteiger partial charge in [0, 0.05) is 19.6 Å². The van der Waals surface area contributed by atoms with Gasteiger partial charge in [-0.2, -0.15) is 0 Å². The summed E-state index contributed by atoms with van der Waals surface area (Å²) in [6, 6.07) is 0. The second-order valence-electron chi connectivity index (χ2n) is 5.32. The molecule has 0 aromatic rings. The van der Waals surface area contributed by atoms with E-state index in [1.807, 2.05) is 4.90 Å². The molecule has 2 atom stereocenters. The van der Waals surface area contributed by atoms with Gasteiger partial charge < -0.3 is 15.3 Å². The van der Waals surface area contributed by atoms with E-state index < -0.39 is 5.97 Å². The molecule has 2 unspecified atom stereocenters. The van der Waals surface area contributed by atoms with Gasteiger partial charge in [-0.15, -0.1) is 11.8 Å². The van der Waals surface area contributed by atoms with Gasteiger partial charge >= 0.3 is 5.97 Å². The molecule has 0 aromatic heterocycles. The summed E-state index contributed by atoms with van der Waals surface area (Å²) in [6.45, 7) is 2.34. The maximum atomic E-state index is 12.3. The van der Waals surface area contributed by atoms with Crippen molar-refractivity contribution in [1.82, 2.24) is 10.2 Å². The Morgan fingerprint density at radius 1 is 1.32 bits per heavy atom. The highest BCUT2D eigenvalue weighted by Gasteiger charge is 2.30. The largest absolute Gasteiger partial charge is 0.480 e. The van der Waals surface area contributed by atoms with E-state index in [0.717, 1.165) is 44.5 Å². The molecule has 0 saturated carbocycles. The number of hydrogen-bond donors (Lipinski definition) is 2. The molecule has 2 fully saturated rings. The summed E-state index contributed by atoms with van der Waals surface area (Å²) in [4.78, 5) is 24.8. The first-order valence-electron chi connectivity index (χ1n) is 6.99. The van der Waals surface area contributed by atoms with E-state index in [0.29, 0.717) is 18.4 Å². The molecule has 0 bridgehead atoms. The lowest BCUT2D eigenvalue weighted by molar-refractivity contribution is -0.136. The van der Waals surface area contributed by atoms with Crippen LogP contribution in [0.15, 0.2) is 0 Å². The maximum absolute atomic E-state index is 12.3. The van der Waals surface area contributed by atoms with Crippen LogP contribution in [0.3, 0.4) is 0 Å². The Kier molecular flexibility index (Phi) is 5.51. The van der Waals surface area contributed by atoms with Gasteiger partial charge in [0.2, 0.25) is 5.91 Å². The Bertz CT molecular complexity index is 332. The Morgan fingerprint density at radius 3 is 2.84 bits per heavy atom. The number of nitrogens with one attached hydrogen (secondary N) is 1. The van der Waals surface area contributed by atoms with Gasteiger partial charge in [-0.25, -0.2) is 0 Å². The van der Waals surface area contributed by atoms with Crippen LogP contribution in [0, 0.1) is 5.92 Å². The molecule has 1 amide bonds. The van der Waals surface area contributed by atoms with Crippen LogP contribution >= 0.6 is 11.8 Å². The van der Waals surface area contributed by atoms with Crippen LogP contribution in [0.5, 0.6) is 0 Å². The van der Waals surface area contributed by atoms with Crippen LogP contribution in [0.1, 0.15) is 25.7 Å². The fourth-order valence-corrected chi connectivity index (χ4v) is 4.03. The van der Waals surface area contributed by atoms with E-state index >= 15 is 0 Å². The SMILES string of the molecule is O=C(O)CNCC1CCCN(C(=O)C2CCCS2)C1. The normalized spacial score (nSPS) is 27.5. The van der Waals surface area contributed by atoms with Crippen LogP contribution in [-0.2, 0) is 9.59 Å². The van der Waals surface area contributed by atoms with Crippen LogP contribution in [0.2, 0.25) is 0 Å². The summed E-state index contributed by atoms with van der Waals surface area (Å²) in [7, 11) is 0. The molecule has 0 spiro atoms. The van der Waals surface area contributed by atoms with E-state index in [-0.39, 0.29) is 11.8 Å². The van der Waals surface area contributed by atoms with Crippen molar-refractivity contribution in [3.63, 3.8) is 0 Å². The Morgan fingerprint density at radius 2 is 2.16 bits per heavy atom. The molecule has 2 N–H and O–H groups in total. The highest BCUT2D eigenvalue weighted by Crippen LogP contribution is 2.29. The number of aliphatic carboxylic acids is 1. The number of carbonyl (C=O) groups excluding carboxylic acids is 1. The molecule has 2 heterocycles. The lowest BCUT2D eigenvalue weighted by Gasteiger charge is -2.34. The van der Waals surface area contributed by atoms with Crippen molar-refractivity contribution in [1.29, 1.82) is 0 Å². The van der Waals surface area contributed by atoms with Crippen molar-refractivity contribution in [2.45, 2.75) is 30.9 Å². The maximum Gasteiger partial charge on any atom is 0.317 e. The molecule has 6 heteroatoms. The minimum absolute atomic E-state index is 0.00290. The van der Waals surface area contributed by atoms with Crippen molar-refractivity contribution < 1.29 is 14.7 Å². The van der Waals surface area contributed by atoms with Crippen molar-refractivity contribution in [3.05, 3.63) is 0 Å². The zero-order chi connectivity index (χ0) is 13.7. The fourth-order valence-electron chi connectivity index (χ4n) is 2.79. The number of carboxylic acids is 1. The molecule has 108 valence electrons. The number of carboxylic acid groups (broad SMARTS) is 1. The summed E-state index contributed by atoms with van der Waals surface area (Å²) in [5, 5.41) is 11.7. The molecule has 0 aliphatic carbocycles. The van der Waals surface area contributed by atoms with E-state index in [9.17, 15) is 9.59 Å². The number of rotatable bonds is 5. The number of amides is 1. The Balaban J connectivity index is 1.76. The van der Waals surface area contributed by atoms with E-state index in [1.165, 1.54) is 0 Å². The van der Waals surface area contributed by atoms with E-state index in [1.54, 1.807) is 11.8 Å². The molecular formula is C13H22N2O3S. The monoisotopic (exact) mass is 286 g/mol. The molecular weight excluding hydrogens is 264 g/mol. The first-order chi connectivity index (χ1) is 9.16. The second-order valence-corrected chi connectivity index (χ2v) is 6.63.